The third-order valence-electron chi connectivity index (χ3n) is 3.78. The van der Waals surface area contributed by atoms with Crippen LogP contribution in [-0.2, 0) is 4.79 Å². The number of nitrogens with zero attached hydrogens (tertiary/aromatic N) is 1. The Morgan fingerprint density at radius 1 is 1.16 bits per heavy atom. The number of benzene rings is 1. The summed E-state index contributed by atoms with van der Waals surface area (Å²) >= 11 is 0. The predicted octanol–water partition coefficient (Wildman–Crippen LogP) is 2.93. The lowest BCUT2D eigenvalue weighted by atomic mass is 9.88. The first-order valence-corrected chi connectivity index (χ1v) is 6.71. The maximum Gasteiger partial charge on any atom is 0.337 e. The molecule has 1 aliphatic carbocycles. The monoisotopic (exact) mass is 261 g/mol. The van der Waals surface area contributed by atoms with Crippen molar-refractivity contribution in [3.8, 4) is 0 Å². The van der Waals surface area contributed by atoms with Gasteiger partial charge in [0.2, 0.25) is 5.91 Å². The maximum atomic E-state index is 12.4. The minimum atomic E-state index is -1.00. The van der Waals surface area contributed by atoms with Gasteiger partial charge in [0.25, 0.3) is 0 Å². The van der Waals surface area contributed by atoms with Gasteiger partial charge in [-0.15, -0.1) is 0 Å². The number of carboxylic acid groups (broad SMARTS) is 1. The van der Waals surface area contributed by atoms with Gasteiger partial charge in [-0.2, -0.15) is 0 Å². The number of carboxylic acids is 1. The Hall–Kier alpha value is -1.84. The molecule has 0 spiro atoms. The second kappa shape index (κ2) is 5.87. The van der Waals surface area contributed by atoms with E-state index >= 15 is 0 Å². The normalized spacial score (nSPS) is 16.1. The van der Waals surface area contributed by atoms with E-state index in [4.69, 9.17) is 5.11 Å². The zero-order chi connectivity index (χ0) is 13.8. The van der Waals surface area contributed by atoms with Gasteiger partial charge in [-0.1, -0.05) is 31.4 Å². The van der Waals surface area contributed by atoms with E-state index in [9.17, 15) is 9.59 Å². The van der Waals surface area contributed by atoms with Crippen LogP contribution in [0.2, 0.25) is 0 Å². The highest BCUT2D eigenvalue weighted by atomic mass is 16.4. The summed E-state index contributed by atoms with van der Waals surface area (Å²) in [4.78, 5) is 25.1. The summed E-state index contributed by atoms with van der Waals surface area (Å²) in [7, 11) is 1.67. The Morgan fingerprint density at radius 2 is 1.79 bits per heavy atom. The minimum Gasteiger partial charge on any atom is -0.478 e. The van der Waals surface area contributed by atoms with E-state index in [2.05, 4.69) is 0 Å². The van der Waals surface area contributed by atoms with Gasteiger partial charge in [-0.3, -0.25) is 4.79 Å². The van der Waals surface area contributed by atoms with Gasteiger partial charge in [0.05, 0.1) is 11.3 Å². The lowest BCUT2D eigenvalue weighted by molar-refractivity contribution is -0.123. The minimum absolute atomic E-state index is 0.0356. The summed E-state index contributed by atoms with van der Waals surface area (Å²) in [6, 6.07) is 6.64. The molecule has 0 aliphatic heterocycles. The number of rotatable bonds is 3. The number of carbonyl (C=O) groups excluding carboxylic acids is 1. The Labute approximate surface area is 113 Å². The second-order valence-electron chi connectivity index (χ2n) is 5.05. The van der Waals surface area contributed by atoms with Crippen molar-refractivity contribution >= 4 is 17.6 Å². The molecule has 1 N–H and O–H groups in total. The number of hydrogen-bond acceptors (Lipinski definition) is 2. The molecule has 0 bridgehead atoms. The van der Waals surface area contributed by atoms with Crippen molar-refractivity contribution in [2.75, 3.05) is 11.9 Å². The lowest BCUT2D eigenvalue weighted by Gasteiger charge is -2.27. The van der Waals surface area contributed by atoms with Crippen molar-refractivity contribution < 1.29 is 14.7 Å². The molecule has 0 heterocycles. The van der Waals surface area contributed by atoms with E-state index in [0.717, 1.165) is 25.7 Å². The first-order valence-electron chi connectivity index (χ1n) is 6.71. The smallest absolute Gasteiger partial charge is 0.337 e. The Bertz CT molecular complexity index is 478. The average molecular weight is 261 g/mol. The topological polar surface area (TPSA) is 57.6 Å². The third kappa shape index (κ3) is 2.95. The Kier molecular flexibility index (Phi) is 4.20. The van der Waals surface area contributed by atoms with Crippen molar-refractivity contribution in [3.63, 3.8) is 0 Å². The summed E-state index contributed by atoms with van der Waals surface area (Å²) in [6.07, 6.45) is 5.20. The fraction of sp³-hybridized carbons (Fsp3) is 0.467. The van der Waals surface area contributed by atoms with Crippen LogP contribution in [-0.4, -0.2) is 24.0 Å². The van der Waals surface area contributed by atoms with Crippen LogP contribution in [0.25, 0.3) is 0 Å². The van der Waals surface area contributed by atoms with E-state index in [-0.39, 0.29) is 17.4 Å². The summed E-state index contributed by atoms with van der Waals surface area (Å²) < 4.78 is 0. The number of anilines is 1. The van der Waals surface area contributed by atoms with Crippen LogP contribution in [0.15, 0.2) is 24.3 Å². The molecule has 4 nitrogen and oxygen atoms in total. The van der Waals surface area contributed by atoms with Gasteiger partial charge >= 0.3 is 5.97 Å². The van der Waals surface area contributed by atoms with E-state index in [1.165, 1.54) is 17.4 Å². The maximum absolute atomic E-state index is 12.4. The van der Waals surface area contributed by atoms with Crippen molar-refractivity contribution in [1.29, 1.82) is 0 Å². The highest BCUT2D eigenvalue weighted by Gasteiger charge is 2.26. The zero-order valence-corrected chi connectivity index (χ0v) is 11.1. The molecule has 1 aromatic rings. The molecule has 0 unspecified atom stereocenters. The molecule has 2 rings (SSSR count). The molecule has 4 heteroatoms. The number of hydrogen-bond donors (Lipinski definition) is 1. The van der Waals surface area contributed by atoms with Gasteiger partial charge < -0.3 is 10.0 Å². The molecule has 1 aromatic carbocycles. The molecule has 1 fully saturated rings. The third-order valence-corrected chi connectivity index (χ3v) is 3.78. The second-order valence-corrected chi connectivity index (χ2v) is 5.05. The van der Waals surface area contributed by atoms with Crippen LogP contribution in [0.4, 0.5) is 5.69 Å². The molecule has 1 saturated carbocycles. The first-order chi connectivity index (χ1) is 9.11. The van der Waals surface area contributed by atoms with Crippen LogP contribution < -0.4 is 4.90 Å². The van der Waals surface area contributed by atoms with Crippen LogP contribution in [0.3, 0.4) is 0 Å². The van der Waals surface area contributed by atoms with Gasteiger partial charge in [-0.05, 0) is 25.0 Å². The summed E-state index contributed by atoms with van der Waals surface area (Å²) in [6.45, 7) is 0. The number of aromatic carboxylic acids is 1. The molecule has 19 heavy (non-hydrogen) atoms. The quantitative estimate of drug-likeness (QED) is 0.910. The largest absolute Gasteiger partial charge is 0.478 e. The van der Waals surface area contributed by atoms with Crippen LogP contribution in [0, 0.1) is 5.92 Å². The van der Waals surface area contributed by atoms with Gasteiger partial charge in [0.1, 0.15) is 0 Å². The molecule has 0 radical (unpaired) electrons. The highest BCUT2D eigenvalue weighted by molar-refractivity contribution is 6.02. The molecular formula is C15H19NO3. The summed E-state index contributed by atoms with van der Waals surface area (Å²) in [5, 5.41) is 9.17. The molecule has 0 aromatic heterocycles. The van der Waals surface area contributed by atoms with Gasteiger partial charge in [0.15, 0.2) is 0 Å². The Morgan fingerprint density at radius 3 is 2.42 bits per heavy atom. The number of carbonyl (C=O) groups is 2. The molecular weight excluding hydrogens is 242 g/mol. The lowest BCUT2D eigenvalue weighted by Crippen LogP contribution is -2.34. The fourth-order valence-corrected chi connectivity index (χ4v) is 2.69. The van der Waals surface area contributed by atoms with E-state index in [1.807, 2.05) is 0 Å². The number of para-hydroxylation sites is 1. The Balaban J connectivity index is 2.21. The van der Waals surface area contributed by atoms with Gasteiger partial charge in [0, 0.05) is 13.0 Å². The van der Waals surface area contributed by atoms with Crippen molar-refractivity contribution in [3.05, 3.63) is 29.8 Å². The average Bonchev–Trinajstić information content (AvgIpc) is 2.46. The van der Waals surface area contributed by atoms with Crippen molar-refractivity contribution in [2.24, 2.45) is 5.92 Å². The zero-order valence-electron chi connectivity index (χ0n) is 11.1. The van der Waals surface area contributed by atoms with Crippen LogP contribution >= 0.6 is 0 Å². The highest BCUT2D eigenvalue weighted by Crippen LogP contribution is 2.28. The SMILES string of the molecule is CN(C(=O)C1CCCCC1)c1ccccc1C(=O)O. The fourth-order valence-electron chi connectivity index (χ4n) is 2.69. The van der Waals surface area contributed by atoms with Crippen molar-refractivity contribution in [2.45, 2.75) is 32.1 Å². The van der Waals surface area contributed by atoms with E-state index < -0.39 is 5.97 Å². The van der Waals surface area contributed by atoms with Crippen molar-refractivity contribution in [1.82, 2.24) is 0 Å². The van der Waals surface area contributed by atoms with Crippen LogP contribution in [0.1, 0.15) is 42.5 Å². The molecule has 0 saturated heterocycles. The first kappa shape index (κ1) is 13.6. The predicted molar refractivity (Wildman–Crippen MR) is 73.4 cm³/mol. The van der Waals surface area contributed by atoms with E-state index in [1.54, 1.807) is 25.2 Å². The number of amides is 1. The molecule has 0 atom stereocenters. The molecule has 1 aliphatic rings. The molecule has 102 valence electrons. The summed E-state index contributed by atoms with van der Waals surface area (Å²) in [5.74, 6) is -0.923. The van der Waals surface area contributed by atoms with Crippen LogP contribution in [0.5, 0.6) is 0 Å². The van der Waals surface area contributed by atoms with E-state index in [0.29, 0.717) is 5.69 Å². The molecule has 1 amide bonds. The standard InChI is InChI=1S/C15H19NO3/c1-16(14(17)11-7-3-2-4-8-11)13-10-6-5-9-12(13)15(18)19/h5-6,9-11H,2-4,7-8H2,1H3,(H,18,19). The van der Waals surface area contributed by atoms with Gasteiger partial charge in [-0.25, -0.2) is 4.79 Å². The summed E-state index contributed by atoms with van der Waals surface area (Å²) in [5.41, 5.74) is 0.653.